The van der Waals surface area contributed by atoms with Gasteiger partial charge >= 0.3 is 0 Å². The van der Waals surface area contributed by atoms with Crippen LogP contribution in [0.5, 0.6) is 5.88 Å². The first-order valence-corrected chi connectivity index (χ1v) is 10.4. The summed E-state index contributed by atoms with van der Waals surface area (Å²) in [4.78, 5) is 10.8. The third-order valence-corrected chi connectivity index (χ3v) is 5.69. The van der Waals surface area contributed by atoms with E-state index in [0.717, 1.165) is 37.8 Å². The highest BCUT2D eigenvalue weighted by Crippen LogP contribution is 2.21. The van der Waals surface area contributed by atoms with E-state index in [9.17, 15) is 12.8 Å². The van der Waals surface area contributed by atoms with Crippen molar-refractivity contribution in [1.82, 2.24) is 14.7 Å². The summed E-state index contributed by atoms with van der Waals surface area (Å²) in [6.07, 6.45) is 3.51. The zero-order valence-electron chi connectivity index (χ0n) is 15.2. The van der Waals surface area contributed by atoms with Crippen LogP contribution in [0.1, 0.15) is 25.1 Å². The molecule has 0 unspecified atom stereocenters. The number of nitrogens with zero attached hydrogens (tertiary/aromatic N) is 3. The van der Waals surface area contributed by atoms with Crippen LogP contribution in [0.3, 0.4) is 0 Å². The summed E-state index contributed by atoms with van der Waals surface area (Å²) in [5, 5.41) is 0. The molecule has 27 heavy (non-hydrogen) atoms. The van der Waals surface area contributed by atoms with Crippen LogP contribution in [0.25, 0.3) is 0 Å². The van der Waals surface area contributed by atoms with Crippen LogP contribution >= 0.6 is 0 Å². The zero-order valence-corrected chi connectivity index (χ0v) is 16.0. The molecule has 146 valence electrons. The first-order valence-electron chi connectivity index (χ1n) is 8.93. The third kappa shape index (κ3) is 5.36. The maximum absolute atomic E-state index is 13.2. The van der Waals surface area contributed by atoms with Gasteiger partial charge in [0, 0.05) is 25.7 Å². The molecule has 7 nitrogen and oxygen atoms in total. The van der Waals surface area contributed by atoms with Crippen LogP contribution in [0.2, 0.25) is 0 Å². The van der Waals surface area contributed by atoms with Crippen LogP contribution in [0.15, 0.2) is 35.2 Å². The van der Waals surface area contributed by atoms with E-state index in [-0.39, 0.29) is 18.0 Å². The summed E-state index contributed by atoms with van der Waals surface area (Å²) in [6.45, 7) is 3.87. The number of aryl methyl sites for hydroxylation is 1. The van der Waals surface area contributed by atoms with Gasteiger partial charge in [-0.3, -0.25) is 0 Å². The van der Waals surface area contributed by atoms with Crippen molar-refractivity contribution >= 4 is 15.8 Å². The van der Waals surface area contributed by atoms with Crippen molar-refractivity contribution in [1.29, 1.82) is 0 Å². The Morgan fingerprint density at radius 2 is 1.96 bits per heavy atom. The molecule has 1 aromatic heterocycles. The Hall–Kier alpha value is -2.26. The number of aromatic nitrogens is 2. The van der Waals surface area contributed by atoms with Crippen LogP contribution < -0.4 is 14.4 Å². The summed E-state index contributed by atoms with van der Waals surface area (Å²) in [6, 6.07) is 6.64. The molecule has 0 bridgehead atoms. The number of hydrogen-bond donors (Lipinski definition) is 1. The maximum atomic E-state index is 13.2. The SMILES string of the molecule is Cc1nc(OCCNS(=O)(=O)c2cccc(F)c2)cc(N2CCCCC2)n1. The minimum Gasteiger partial charge on any atom is -0.476 e. The van der Waals surface area contributed by atoms with E-state index in [0.29, 0.717) is 11.7 Å². The molecule has 1 aliphatic heterocycles. The molecule has 0 spiro atoms. The van der Waals surface area contributed by atoms with Gasteiger partial charge in [-0.25, -0.2) is 22.5 Å². The lowest BCUT2D eigenvalue weighted by Gasteiger charge is -2.28. The van der Waals surface area contributed by atoms with Crippen molar-refractivity contribution in [3.8, 4) is 5.88 Å². The van der Waals surface area contributed by atoms with Gasteiger partial charge in [-0.05, 0) is 44.4 Å². The Morgan fingerprint density at radius 3 is 2.70 bits per heavy atom. The monoisotopic (exact) mass is 394 g/mol. The number of hydrogen-bond acceptors (Lipinski definition) is 6. The second-order valence-corrected chi connectivity index (χ2v) is 8.13. The van der Waals surface area contributed by atoms with E-state index < -0.39 is 15.8 Å². The van der Waals surface area contributed by atoms with Crippen LogP contribution in [-0.4, -0.2) is 44.6 Å². The van der Waals surface area contributed by atoms with Gasteiger partial charge in [0.05, 0.1) is 4.90 Å². The van der Waals surface area contributed by atoms with E-state index in [1.54, 1.807) is 13.0 Å². The van der Waals surface area contributed by atoms with Gasteiger partial charge < -0.3 is 9.64 Å². The second-order valence-electron chi connectivity index (χ2n) is 6.36. The lowest BCUT2D eigenvalue weighted by Crippen LogP contribution is -2.30. The highest BCUT2D eigenvalue weighted by atomic mass is 32.2. The summed E-state index contributed by atoms with van der Waals surface area (Å²) < 4.78 is 45.5. The molecule has 0 aliphatic carbocycles. The number of sulfonamides is 1. The van der Waals surface area contributed by atoms with Crippen molar-refractivity contribution in [2.24, 2.45) is 0 Å². The molecule has 9 heteroatoms. The maximum Gasteiger partial charge on any atom is 0.240 e. The second kappa shape index (κ2) is 8.62. The molecular weight excluding hydrogens is 371 g/mol. The number of benzene rings is 1. The number of anilines is 1. The predicted octanol–water partition coefficient (Wildman–Crippen LogP) is 2.27. The molecule has 2 heterocycles. The number of halogens is 1. The number of nitrogens with one attached hydrogen (secondary N) is 1. The zero-order chi connectivity index (χ0) is 19.3. The minimum atomic E-state index is -3.78. The van der Waals surface area contributed by atoms with Gasteiger partial charge in [0.15, 0.2) is 0 Å². The molecule has 1 fully saturated rings. The van der Waals surface area contributed by atoms with Crippen molar-refractivity contribution in [2.45, 2.75) is 31.1 Å². The molecule has 1 saturated heterocycles. The van der Waals surface area contributed by atoms with Crippen molar-refractivity contribution in [3.05, 3.63) is 42.0 Å². The Morgan fingerprint density at radius 1 is 1.19 bits per heavy atom. The number of piperidine rings is 1. The van der Waals surface area contributed by atoms with E-state index in [1.165, 1.54) is 24.6 Å². The molecule has 3 rings (SSSR count). The van der Waals surface area contributed by atoms with Gasteiger partial charge in [0.2, 0.25) is 15.9 Å². The van der Waals surface area contributed by atoms with E-state index in [1.807, 2.05) is 0 Å². The van der Waals surface area contributed by atoms with Gasteiger partial charge in [-0.1, -0.05) is 6.07 Å². The Kier molecular flexibility index (Phi) is 6.22. The lowest BCUT2D eigenvalue weighted by molar-refractivity contribution is 0.309. The Bertz CT molecular complexity index is 886. The average Bonchev–Trinajstić information content (AvgIpc) is 2.66. The van der Waals surface area contributed by atoms with Crippen LogP contribution in [0.4, 0.5) is 10.2 Å². The van der Waals surface area contributed by atoms with Crippen LogP contribution in [0, 0.1) is 12.7 Å². The van der Waals surface area contributed by atoms with Crippen molar-refractivity contribution in [2.75, 3.05) is 31.1 Å². The highest BCUT2D eigenvalue weighted by molar-refractivity contribution is 7.89. The molecule has 1 N–H and O–H groups in total. The van der Waals surface area contributed by atoms with Gasteiger partial charge in [-0.15, -0.1) is 0 Å². The lowest BCUT2D eigenvalue weighted by atomic mass is 10.1. The highest BCUT2D eigenvalue weighted by Gasteiger charge is 2.16. The fourth-order valence-electron chi connectivity index (χ4n) is 2.93. The van der Waals surface area contributed by atoms with E-state index in [2.05, 4.69) is 19.6 Å². The normalized spacial score (nSPS) is 15.0. The minimum absolute atomic E-state index is 0.0426. The molecule has 0 saturated carbocycles. The first kappa shape index (κ1) is 19.5. The smallest absolute Gasteiger partial charge is 0.240 e. The van der Waals surface area contributed by atoms with E-state index >= 15 is 0 Å². The molecule has 0 atom stereocenters. The fraction of sp³-hybridized carbons (Fsp3) is 0.444. The predicted molar refractivity (Wildman–Crippen MR) is 99.9 cm³/mol. The molecule has 0 radical (unpaired) electrons. The number of rotatable bonds is 7. The van der Waals surface area contributed by atoms with E-state index in [4.69, 9.17) is 4.74 Å². The van der Waals surface area contributed by atoms with Crippen LogP contribution in [-0.2, 0) is 10.0 Å². The summed E-state index contributed by atoms with van der Waals surface area (Å²) in [7, 11) is -3.78. The molecule has 0 amide bonds. The quantitative estimate of drug-likeness (QED) is 0.726. The molecule has 2 aromatic rings. The molecular formula is C18H23FN4O3S. The van der Waals surface area contributed by atoms with Gasteiger partial charge in [0.1, 0.15) is 24.1 Å². The average molecular weight is 394 g/mol. The van der Waals surface area contributed by atoms with Gasteiger partial charge in [-0.2, -0.15) is 4.98 Å². The topological polar surface area (TPSA) is 84.4 Å². The van der Waals surface area contributed by atoms with Crippen molar-refractivity contribution < 1.29 is 17.5 Å². The summed E-state index contributed by atoms with van der Waals surface area (Å²) >= 11 is 0. The first-order chi connectivity index (χ1) is 12.9. The summed E-state index contributed by atoms with van der Waals surface area (Å²) in [5.74, 6) is 1.25. The fourth-order valence-corrected chi connectivity index (χ4v) is 3.98. The molecule has 1 aromatic carbocycles. The molecule has 1 aliphatic rings. The summed E-state index contributed by atoms with van der Waals surface area (Å²) in [5.41, 5.74) is 0. The largest absolute Gasteiger partial charge is 0.476 e. The third-order valence-electron chi connectivity index (χ3n) is 4.23. The Balaban J connectivity index is 1.56. The van der Waals surface area contributed by atoms with Gasteiger partial charge in [0.25, 0.3) is 0 Å². The van der Waals surface area contributed by atoms with Crippen molar-refractivity contribution in [3.63, 3.8) is 0 Å². The standard InChI is InChI=1S/C18H23FN4O3S/c1-14-21-17(23-9-3-2-4-10-23)13-18(22-14)26-11-8-20-27(24,25)16-7-5-6-15(19)12-16/h5-7,12-13,20H,2-4,8-11H2,1H3. The number of ether oxygens (including phenoxy) is 1. The Labute approximate surface area is 158 Å².